The third kappa shape index (κ3) is 2.72. The Kier molecular flexibility index (Phi) is 3.92. The smallest absolute Gasteiger partial charge is 0.272 e. The number of piperazine rings is 1. The fourth-order valence-corrected chi connectivity index (χ4v) is 3.15. The lowest BCUT2D eigenvalue weighted by Gasteiger charge is -2.31. The average molecular weight is 354 g/mol. The number of amides is 2. The number of rotatable bonds is 3. The molecule has 1 unspecified atom stereocenters. The molecule has 4 heterocycles. The first-order valence-corrected chi connectivity index (χ1v) is 8.29. The lowest BCUT2D eigenvalue weighted by Crippen LogP contribution is -2.51. The number of imidazole rings is 1. The van der Waals surface area contributed by atoms with Gasteiger partial charge in [-0.3, -0.25) is 14.0 Å². The second-order valence-electron chi connectivity index (χ2n) is 6.26. The number of furan rings is 1. The van der Waals surface area contributed by atoms with Gasteiger partial charge in [-0.25, -0.2) is 9.97 Å². The van der Waals surface area contributed by atoms with E-state index in [1.54, 1.807) is 27.5 Å². The number of nitrogens with one attached hydrogen (secondary N) is 1. The number of fused-ring (bicyclic) bond motifs is 1. The van der Waals surface area contributed by atoms with Gasteiger partial charge in [-0.05, 0) is 25.1 Å². The maximum atomic E-state index is 13.0. The summed E-state index contributed by atoms with van der Waals surface area (Å²) in [6.45, 7) is 3.92. The lowest BCUT2D eigenvalue weighted by atomic mass is 10.2. The van der Waals surface area contributed by atoms with Crippen LogP contribution in [0.25, 0.3) is 17.1 Å². The molecule has 1 aliphatic rings. The Morgan fingerprint density at radius 3 is 2.96 bits per heavy atom. The summed E-state index contributed by atoms with van der Waals surface area (Å²) in [5.41, 5.74) is 6.45. The van der Waals surface area contributed by atoms with Crippen LogP contribution in [0.15, 0.2) is 35.2 Å². The molecule has 0 aliphatic carbocycles. The Labute approximate surface area is 148 Å². The molecule has 4 rings (SSSR count). The van der Waals surface area contributed by atoms with Gasteiger partial charge >= 0.3 is 0 Å². The van der Waals surface area contributed by atoms with Crippen molar-refractivity contribution >= 4 is 17.5 Å². The van der Waals surface area contributed by atoms with Crippen LogP contribution in [0, 0.1) is 0 Å². The largest absolute Gasteiger partial charge is 0.463 e. The van der Waals surface area contributed by atoms with Crippen LogP contribution in [0.5, 0.6) is 0 Å². The van der Waals surface area contributed by atoms with Gasteiger partial charge in [0.2, 0.25) is 0 Å². The molecule has 0 bridgehead atoms. The Bertz CT molecular complexity index is 978. The molecule has 3 aromatic rings. The van der Waals surface area contributed by atoms with Crippen molar-refractivity contribution in [3.63, 3.8) is 0 Å². The van der Waals surface area contributed by atoms with E-state index in [-0.39, 0.29) is 29.0 Å². The first kappa shape index (κ1) is 16.3. The van der Waals surface area contributed by atoms with E-state index < -0.39 is 5.91 Å². The Hall–Kier alpha value is -3.20. The van der Waals surface area contributed by atoms with Crippen LogP contribution >= 0.6 is 0 Å². The van der Waals surface area contributed by atoms with Crippen LogP contribution in [0.4, 0.5) is 0 Å². The summed E-state index contributed by atoms with van der Waals surface area (Å²) in [6.07, 6.45) is 2.98. The minimum atomic E-state index is -0.703. The zero-order valence-corrected chi connectivity index (χ0v) is 14.2. The predicted molar refractivity (Wildman–Crippen MR) is 92.6 cm³/mol. The monoisotopic (exact) mass is 354 g/mol. The summed E-state index contributed by atoms with van der Waals surface area (Å²) in [6, 6.07) is 5.36. The molecule has 3 aromatic heterocycles. The Balaban J connectivity index is 1.85. The van der Waals surface area contributed by atoms with Crippen molar-refractivity contribution in [1.82, 2.24) is 24.6 Å². The second kappa shape index (κ2) is 6.26. The van der Waals surface area contributed by atoms with Gasteiger partial charge in [0.1, 0.15) is 12.0 Å². The van der Waals surface area contributed by atoms with E-state index in [0.717, 1.165) is 6.54 Å². The van der Waals surface area contributed by atoms with E-state index in [1.165, 1.54) is 12.6 Å². The highest BCUT2D eigenvalue weighted by molar-refractivity contribution is 5.99. The van der Waals surface area contributed by atoms with Crippen LogP contribution in [0.2, 0.25) is 0 Å². The number of aromatic nitrogens is 3. The number of carbonyl (C=O) groups excluding carboxylic acids is 2. The summed E-state index contributed by atoms with van der Waals surface area (Å²) >= 11 is 0. The van der Waals surface area contributed by atoms with E-state index >= 15 is 0 Å². The molecular formula is C17H18N6O3. The van der Waals surface area contributed by atoms with Crippen molar-refractivity contribution in [2.24, 2.45) is 5.73 Å². The quantitative estimate of drug-likeness (QED) is 0.708. The molecule has 26 heavy (non-hydrogen) atoms. The molecule has 0 saturated carbocycles. The number of carbonyl (C=O) groups is 2. The summed E-state index contributed by atoms with van der Waals surface area (Å²) in [7, 11) is 0. The number of primary amides is 1. The number of nitrogens with zero attached hydrogens (tertiary/aromatic N) is 4. The minimum Gasteiger partial charge on any atom is -0.463 e. The van der Waals surface area contributed by atoms with Gasteiger partial charge in [-0.15, -0.1) is 0 Å². The van der Waals surface area contributed by atoms with Gasteiger partial charge in [-0.2, -0.15) is 0 Å². The summed E-state index contributed by atoms with van der Waals surface area (Å²) in [5, 5.41) is 3.30. The molecule has 9 nitrogen and oxygen atoms in total. The van der Waals surface area contributed by atoms with Gasteiger partial charge in [0.25, 0.3) is 11.8 Å². The fourth-order valence-electron chi connectivity index (χ4n) is 3.15. The van der Waals surface area contributed by atoms with Gasteiger partial charge in [0.15, 0.2) is 17.1 Å². The molecule has 0 radical (unpaired) electrons. The first-order valence-electron chi connectivity index (χ1n) is 8.29. The predicted octanol–water partition coefficient (Wildman–Crippen LogP) is 0.522. The third-order valence-corrected chi connectivity index (χ3v) is 4.38. The molecule has 1 atom stereocenters. The molecule has 3 N–H and O–H groups in total. The van der Waals surface area contributed by atoms with Gasteiger partial charge in [0, 0.05) is 25.7 Å². The molecular weight excluding hydrogens is 336 g/mol. The van der Waals surface area contributed by atoms with Crippen molar-refractivity contribution in [3.8, 4) is 11.5 Å². The summed E-state index contributed by atoms with van der Waals surface area (Å²) < 4.78 is 7.06. The molecule has 1 aliphatic heterocycles. The van der Waals surface area contributed by atoms with Crippen molar-refractivity contribution in [2.45, 2.75) is 13.0 Å². The SMILES string of the molecule is CC1CN(C(=O)c2cc(-c3ccco3)n3cnc(C(N)=O)c3n2)CCN1. The zero-order chi connectivity index (χ0) is 18.3. The van der Waals surface area contributed by atoms with Crippen molar-refractivity contribution < 1.29 is 14.0 Å². The minimum absolute atomic E-state index is 0.0149. The first-order chi connectivity index (χ1) is 12.5. The van der Waals surface area contributed by atoms with E-state index in [4.69, 9.17) is 10.2 Å². The standard InChI is InChI=1S/C17H18N6O3/c1-10-8-22(5-4-19-10)17(25)11-7-12(13-3-2-6-26-13)23-9-20-14(15(18)24)16(23)21-11/h2-3,6-7,9-10,19H,4-5,8H2,1H3,(H2,18,24). The highest BCUT2D eigenvalue weighted by Gasteiger charge is 2.25. The molecule has 2 amide bonds. The van der Waals surface area contributed by atoms with E-state index in [0.29, 0.717) is 24.5 Å². The Morgan fingerprint density at radius 2 is 2.27 bits per heavy atom. The van der Waals surface area contributed by atoms with Crippen molar-refractivity contribution in [3.05, 3.63) is 42.2 Å². The number of hydrogen-bond acceptors (Lipinski definition) is 6. The average Bonchev–Trinajstić information content (AvgIpc) is 3.29. The topological polar surface area (TPSA) is 119 Å². The van der Waals surface area contributed by atoms with E-state index in [1.807, 2.05) is 6.92 Å². The van der Waals surface area contributed by atoms with Crippen LogP contribution in [-0.4, -0.2) is 56.8 Å². The van der Waals surface area contributed by atoms with E-state index in [2.05, 4.69) is 15.3 Å². The van der Waals surface area contributed by atoms with E-state index in [9.17, 15) is 9.59 Å². The normalized spacial score (nSPS) is 17.6. The number of hydrogen-bond donors (Lipinski definition) is 2. The summed E-state index contributed by atoms with van der Waals surface area (Å²) in [5.74, 6) is -0.371. The molecule has 134 valence electrons. The van der Waals surface area contributed by atoms with Crippen LogP contribution < -0.4 is 11.1 Å². The van der Waals surface area contributed by atoms with Crippen molar-refractivity contribution in [2.75, 3.05) is 19.6 Å². The van der Waals surface area contributed by atoms with Crippen LogP contribution in [-0.2, 0) is 0 Å². The van der Waals surface area contributed by atoms with Gasteiger partial charge < -0.3 is 20.4 Å². The number of nitrogens with two attached hydrogens (primary N) is 1. The highest BCUT2D eigenvalue weighted by atomic mass is 16.3. The maximum absolute atomic E-state index is 13.0. The fraction of sp³-hybridized carbons (Fsp3) is 0.294. The second-order valence-corrected chi connectivity index (χ2v) is 6.26. The molecule has 0 spiro atoms. The molecule has 9 heteroatoms. The Morgan fingerprint density at radius 1 is 1.42 bits per heavy atom. The van der Waals surface area contributed by atoms with Crippen molar-refractivity contribution in [1.29, 1.82) is 0 Å². The van der Waals surface area contributed by atoms with Gasteiger partial charge in [0.05, 0.1) is 12.0 Å². The van der Waals surface area contributed by atoms with Crippen LogP contribution in [0.3, 0.4) is 0 Å². The maximum Gasteiger partial charge on any atom is 0.272 e. The highest BCUT2D eigenvalue weighted by Crippen LogP contribution is 2.24. The molecule has 1 fully saturated rings. The lowest BCUT2D eigenvalue weighted by molar-refractivity contribution is 0.0703. The third-order valence-electron chi connectivity index (χ3n) is 4.38. The van der Waals surface area contributed by atoms with Gasteiger partial charge in [-0.1, -0.05) is 0 Å². The molecule has 0 aromatic carbocycles. The summed E-state index contributed by atoms with van der Waals surface area (Å²) in [4.78, 5) is 34.8. The molecule has 1 saturated heterocycles. The van der Waals surface area contributed by atoms with Crippen LogP contribution in [0.1, 0.15) is 27.9 Å². The zero-order valence-electron chi connectivity index (χ0n) is 14.2.